The highest BCUT2D eigenvalue weighted by Gasteiger charge is 2.05. The van der Waals surface area contributed by atoms with E-state index in [1.165, 1.54) is 0 Å². The Morgan fingerprint density at radius 1 is 1.28 bits per heavy atom. The molecule has 94 valence electrons. The first-order chi connectivity index (χ1) is 8.69. The van der Waals surface area contributed by atoms with E-state index in [0.29, 0.717) is 6.54 Å². The van der Waals surface area contributed by atoms with Crippen LogP contribution < -0.4 is 5.32 Å². The molecule has 0 saturated heterocycles. The number of nitrogens with zero attached hydrogens (tertiary/aromatic N) is 3. The highest BCUT2D eigenvalue weighted by molar-refractivity contribution is 5.30. The number of aryl methyl sites for hydroxylation is 2. The Balaban J connectivity index is 2.20. The van der Waals surface area contributed by atoms with E-state index in [1.54, 1.807) is 0 Å². The van der Waals surface area contributed by atoms with Crippen LogP contribution >= 0.6 is 0 Å². The Hall–Kier alpha value is -2.10. The van der Waals surface area contributed by atoms with Crippen LogP contribution in [0.5, 0.6) is 0 Å². The van der Waals surface area contributed by atoms with Crippen molar-refractivity contribution < 1.29 is 0 Å². The molecule has 0 bridgehead atoms. The fourth-order valence-corrected chi connectivity index (χ4v) is 1.83. The predicted octanol–water partition coefficient (Wildman–Crippen LogP) is 2.54. The topological polar surface area (TPSA) is 42.7 Å². The molecular weight excluding hydrogens is 224 g/mol. The van der Waals surface area contributed by atoms with Gasteiger partial charge in [-0.2, -0.15) is 0 Å². The number of anilines is 1. The van der Waals surface area contributed by atoms with Gasteiger partial charge in [-0.15, -0.1) is 6.58 Å². The first-order valence-electron chi connectivity index (χ1n) is 6.00. The van der Waals surface area contributed by atoms with Crippen molar-refractivity contribution in [3.8, 4) is 0 Å². The van der Waals surface area contributed by atoms with Gasteiger partial charge in [0.15, 0.2) is 0 Å². The summed E-state index contributed by atoms with van der Waals surface area (Å²) in [5, 5.41) is 3.22. The van der Waals surface area contributed by atoms with Gasteiger partial charge in [0.05, 0.1) is 17.9 Å². The van der Waals surface area contributed by atoms with Gasteiger partial charge in [0.1, 0.15) is 0 Å². The molecule has 0 fully saturated rings. The summed E-state index contributed by atoms with van der Waals surface area (Å²) in [4.78, 5) is 8.95. The van der Waals surface area contributed by atoms with Gasteiger partial charge in [-0.25, -0.2) is 4.98 Å². The van der Waals surface area contributed by atoms with E-state index >= 15 is 0 Å². The van der Waals surface area contributed by atoms with Gasteiger partial charge in [0, 0.05) is 18.4 Å². The number of hydrogen-bond acceptors (Lipinski definition) is 3. The number of nitrogens with one attached hydrogen (secondary N) is 1. The molecule has 0 saturated carbocycles. The van der Waals surface area contributed by atoms with Crippen molar-refractivity contribution in [3.63, 3.8) is 0 Å². The third-order valence-corrected chi connectivity index (χ3v) is 2.58. The van der Waals surface area contributed by atoms with Crippen molar-refractivity contribution >= 4 is 5.95 Å². The van der Waals surface area contributed by atoms with E-state index in [4.69, 9.17) is 0 Å². The van der Waals surface area contributed by atoms with E-state index in [-0.39, 0.29) is 0 Å². The van der Waals surface area contributed by atoms with E-state index < -0.39 is 0 Å². The molecule has 4 heteroatoms. The molecule has 0 spiro atoms. The maximum atomic E-state index is 4.50. The van der Waals surface area contributed by atoms with Gasteiger partial charge in [0.2, 0.25) is 5.95 Å². The van der Waals surface area contributed by atoms with E-state index in [1.807, 2.05) is 44.3 Å². The maximum Gasteiger partial charge on any atom is 0.203 e. The summed E-state index contributed by atoms with van der Waals surface area (Å²) in [6, 6.07) is 6.05. The van der Waals surface area contributed by atoms with Crippen molar-refractivity contribution in [1.29, 1.82) is 0 Å². The van der Waals surface area contributed by atoms with Gasteiger partial charge in [-0.3, -0.25) is 4.98 Å². The van der Waals surface area contributed by atoms with Crippen LogP contribution in [-0.2, 0) is 6.54 Å². The molecule has 0 aliphatic carbocycles. The van der Waals surface area contributed by atoms with Gasteiger partial charge >= 0.3 is 0 Å². The third kappa shape index (κ3) is 2.97. The highest BCUT2D eigenvalue weighted by Crippen LogP contribution is 2.11. The zero-order valence-corrected chi connectivity index (χ0v) is 10.8. The minimum absolute atomic E-state index is 0.706. The van der Waals surface area contributed by atoms with Crippen LogP contribution in [0.15, 0.2) is 37.1 Å². The molecule has 0 unspecified atom stereocenters. The molecule has 1 N–H and O–H groups in total. The second-order valence-electron chi connectivity index (χ2n) is 4.27. The van der Waals surface area contributed by atoms with Crippen molar-refractivity contribution in [2.75, 3.05) is 11.9 Å². The summed E-state index contributed by atoms with van der Waals surface area (Å²) in [7, 11) is 0. The average molecular weight is 242 g/mol. The lowest BCUT2D eigenvalue weighted by Gasteiger charge is -2.08. The lowest BCUT2D eigenvalue weighted by Crippen LogP contribution is -2.08. The Bertz CT molecular complexity index is 542. The van der Waals surface area contributed by atoms with Crippen molar-refractivity contribution in [2.24, 2.45) is 0 Å². The second-order valence-corrected chi connectivity index (χ2v) is 4.27. The summed E-state index contributed by atoms with van der Waals surface area (Å²) in [5.41, 5.74) is 3.06. The van der Waals surface area contributed by atoms with Crippen molar-refractivity contribution in [3.05, 3.63) is 54.1 Å². The largest absolute Gasteiger partial charge is 0.352 e. The van der Waals surface area contributed by atoms with Crippen LogP contribution in [0.2, 0.25) is 0 Å². The standard InChI is InChI=1S/C14H18N4/c1-4-8-15-14-17-12(3)9-18(14)10-13-7-5-6-11(2)16-13/h4-7,9H,1,8,10H2,2-3H3,(H,15,17). The van der Waals surface area contributed by atoms with Crippen molar-refractivity contribution in [2.45, 2.75) is 20.4 Å². The Morgan fingerprint density at radius 2 is 2.11 bits per heavy atom. The average Bonchev–Trinajstić information content (AvgIpc) is 2.67. The molecule has 0 aliphatic rings. The lowest BCUT2D eigenvalue weighted by atomic mass is 10.3. The molecule has 0 atom stereocenters. The summed E-state index contributed by atoms with van der Waals surface area (Å²) in [5.74, 6) is 0.857. The minimum Gasteiger partial charge on any atom is -0.352 e. The van der Waals surface area contributed by atoms with Crippen LogP contribution in [0.1, 0.15) is 17.1 Å². The summed E-state index contributed by atoms with van der Waals surface area (Å²) in [6.07, 6.45) is 3.84. The predicted molar refractivity (Wildman–Crippen MR) is 73.7 cm³/mol. The molecule has 2 aromatic heterocycles. The highest BCUT2D eigenvalue weighted by atomic mass is 15.2. The summed E-state index contributed by atoms with van der Waals surface area (Å²) < 4.78 is 2.07. The molecule has 2 rings (SSSR count). The molecule has 2 heterocycles. The molecule has 0 radical (unpaired) electrons. The van der Waals surface area contributed by atoms with E-state index in [0.717, 1.165) is 29.6 Å². The SMILES string of the molecule is C=CCNc1nc(C)cn1Cc1cccc(C)n1. The maximum absolute atomic E-state index is 4.50. The molecule has 2 aromatic rings. The number of imidazole rings is 1. The van der Waals surface area contributed by atoms with E-state index in [2.05, 4.69) is 26.4 Å². The monoisotopic (exact) mass is 242 g/mol. The number of hydrogen-bond donors (Lipinski definition) is 1. The third-order valence-electron chi connectivity index (χ3n) is 2.58. The summed E-state index contributed by atoms with van der Waals surface area (Å²) >= 11 is 0. The van der Waals surface area contributed by atoms with Crippen LogP contribution in [0, 0.1) is 13.8 Å². The molecule has 0 amide bonds. The first-order valence-corrected chi connectivity index (χ1v) is 6.00. The van der Waals surface area contributed by atoms with Crippen molar-refractivity contribution in [1.82, 2.24) is 14.5 Å². The van der Waals surface area contributed by atoms with Gasteiger partial charge in [-0.1, -0.05) is 12.1 Å². The van der Waals surface area contributed by atoms with Crippen LogP contribution in [0.25, 0.3) is 0 Å². The van der Waals surface area contributed by atoms with Gasteiger partial charge in [0.25, 0.3) is 0 Å². The molecular formula is C14H18N4. The van der Waals surface area contributed by atoms with E-state index in [9.17, 15) is 0 Å². The molecule has 4 nitrogen and oxygen atoms in total. The minimum atomic E-state index is 0.706. The van der Waals surface area contributed by atoms with Crippen LogP contribution in [0.4, 0.5) is 5.95 Å². The smallest absolute Gasteiger partial charge is 0.203 e. The fraction of sp³-hybridized carbons (Fsp3) is 0.286. The lowest BCUT2D eigenvalue weighted by molar-refractivity contribution is 0.774. The van der Waals surface area contributed by atoms with Gasteiger partial charge in [-0.05, 0) is 26.0 Å². The quantitative estimate of drug-likeness (QED) is 0.819. The summed E-state index contributed by atoms with van der Waals surface area (Å²) in [6.45, 7) is 9.11. The fourth-order valence-electron chi connectivity index (χ4n) is 1.83. The number of rotatable bonds is 5. The normalized spacial score (nSPS) is 10.3. The molecule has 0 aliphatic heterocycles. The molecule has 18 heavy (non-hydrogen) atoms. The number of aromatic nitrogens is 3. The van der Waals surface area contributed by atoms with Crippen LogP contribution in [0.3, 0.4) is 0 Å². The molecule has 0 aromatic carbocycles. The Labute approximate surface area is 107 Å². The Morgan fingerprint density at radius 3 is 2.83 bits per heavy atom. The Kier molecular flexibility index (Phi) is 3.77. The first kappa shape index (κ1) is 12.4. The number of pyridine rings is 1. The van der Waals surface area contributed by atoms with Crippen LogP contribution in [-0.4, -0.2) is 21.1 Å². The van der Waals surface area contributed by atoms with Gasteiger partial charge < -0.3 is 9.88 Å². The zero-order valence-electron chi connectivity index (χ0n) is 10.8. The zero-order chi connectivity index (χ0) is 13.0. The second kappa shape index (κ2) is 5.49.